The van der Waals surface area contributed by atoms with Crippen LogP contribution in [-0.2, 0) is 19.6 Å². The van der Waals surface area contributed by atoms with Gasteiger partial charge in [-0.25, -0.2) is 8.42 Å². The van der Waals surface area contributed by atoms with Crippen molar-refractivity contribution in [3.05, 3.63) is 65.2 Å². The summed E-state index contributed by atoms with van der Waals surface area (Å²) in [5, 5.41) is 0.177. The molecule has 2 aromatic rings. The van der Waals surface area contributed by atoms with Crippen LogP contribution in [0, 0.1) is 0 Å². The maximum atomic E-state index is 13.4. The number of benzene rings is 2. The number of rotatable bonds is 9. The minimum atomic E-state index is -4.24. The van der Waals surface area contributed by atoms with Crippen molar-refractivity contribution in [1.82, 2.24) is 0 Å². The van der Waals surface area contributed by atoms with E-state index in [-0.39, 0.29) is 27.2 Å². The average molecular weight is 458 g/mol. The molecule has 0 atom stereocenters. The number of ether oxygens (including phenoxy) is 2. The molecule has 0 aliphatic heterocycles. The fourth-order valence-electron chi connectivity index (χ4n) is 2.41. The van der Waals surface area contributed by atoms with Gasteiger partial charge in [-0.15, -0.1) is 0 Å². The zero-order valence-corrected chi connectivity index (χ0v) is 18.3. The van der Waals surface area contributed by atoms with Crippen molar-refractivity contribution in [2.45, 2.75) is 24.8 Å². The molecule has 0 heterocycles. The first-order valence-electron chi connectivity index (χ1n) is 8.66. The summed E-state index contributed by atoms with van der Waals surface area (Å²) in [6.07, 6.45) is 1.16. The van der Waals surface area contributed by atoms with E-state index in [0.29, 0.717) is 5.75 Å². The van der Waals surface area contributed by atoms with E-state index in [4.69, 9.17) is 32.7 Å². The second-order valence-electron chi connectivity index (χ2n) is 6.22. The lowest BCUT2D eigenvalue weighted by molar-refractivity contribution is -0.145. The minimum absolute atomic E-state index is 0.0179. The lowest BCUT2D eigenvalue weighted by Crippen LogP contribution is -2.37. The molecule has 6 nitrogen and oxygen atoms in total. The number of hydrogen-bond donors (Lipinski definition) is 0. The third-order valence-electron chi connectivity index (χ3n) is 3.57. The Hall–Kier alpha value is -2.22. The van der Waals surface area contributed by atoms with E-state index in [1.807, 2.05) is 0 Å². The van der Waals surface area contributed by atoms with Gasteiger partial charge >= 0.3 is 5.97 Å². The van der Waals surface area contributed by atoms with E-state index < -0.39 is 28.6 Å². The van der Waals surface area contributed by atoms with Crippen LogP contribution < -0.4 is 9.04 Å². The zero-order valence-electron chi connectivity index (χ0n) is 16.0. The van der Waals surface area contributed by atoms with Gasteiger partial charge in [0.15, 0.2) is 0 Å². The predicted molar refractivity (Wildman–Crippen MR) is 114 cm³/mol. The van der Waals surface area contributed by atoms with Crippen LogP contribution in [0.5, 0.6) is 5.75 Å². The van der Waals surface area contributed by atoms with Gasteiger partial charge in [0.1, 0.15) is 23.8 Å². The summed E-state index contributed by atoms with van der Waals surface area (Å²) in [5.41, 5.74) is 0.211. The highest BCUT2D eigenvalue weighted by atomic mass is 35.5. The first-order chi connectivity index (χ1) is 13.6. The molecule has 0 radical (unpaired) electrons. The summed E-state index contributed by atoms with van der Waals surface area (Å²) >= 11 is 12.1. The van der Waals surface area contributed by atoms with Crippen LogP contribution in [0.2, 0.25) is 10.0 Å². The van der Waals surface area contributed by atoms with Crippen LogP contribution in [0.3, 0.4) is 0 Å². The zero-order chi connectivity index (χ0) is 21.6. The van der Waals surface area contributed by atoms with Gasteiger partial charge in [0.25, 0.3) is 10.0 Å². The molecule has 0 unspecified atom stereocenters. The monoisotopic (exact) mass is 457 g/mol. The Kier molecular flexibility index (Phi) is 7.96. The summed E-state index contributed by atoms with van der Waals surface area (Å²) in [6.45, 7) is 6.62. The Labute approximate surface area is 180 Å². The van der Waals surface area contributed by atoms with Gasteiger partial charge < -0.3 is 9.47 Å². The third kappa shape index (κ3) is 6.13. The lowest BCUT2D eigenvalue weighted by atomic mass is 10.3. The molecule has 0 aromatic heterocycles. The van der Waals surface area contributed by atoms with Gasteiger partial charge in [-0.3, -0.25) is 9.10 Å². The molecule has 0 amide bonds. The van der Waals surface area contributed by atoms with Gasteiger partial charge in [-0.05, 0) is 44.2 Å². The van der Waals surface area contributed by atoms with Crippen molar-refractivity contribution < 1.29 is 22.7 Å². The summed E-state index contributed by atoms with van der Waals surface area (Å²) in [6, 6.07) is 10.4. The van der Waals surface area contributed by atoms with E-state index in [2.05, 4.69) is 6.58 Å². The minimum Gasteiger partial charge on any atom is -0.489 e. The molecule has 0 aliphatic rings. The highest BCUT2D eigenvalue weighted by Gasteiger charge is 2.30. The molecule has 156 valence electrons. The van der Waals surface area contributed by atoms with E-state index in [1.54, 1.807) is 38.1 Å². The van der Waals surface area contributed by atoms with E-state index in [0.717, 1.165) is 4.31 Å². The van der Waals surface area contributed by atoms with Crippen LogP contribution in [0.15, 0.2) is 60.0 Å². The van der Waals surface area contributed by atoms with Gasteiger partial charge in [0, 0.05) is 11.1 Å². The molecular formula is C20H21Cl2NO5S. The molecule has 0 saturated heterocycles. The van der Waals surface area contributed by atoms with Crippen LogP contribution >= 0.6 is 23.2 Å². The molecule has 29 heavy (non-hydrogen) atoms. The SMILES string of the molecule is C=CCOc1cccc(N(CC(=O)OC(C)C)S(=O)(=O)c2cc(Cl)ccc2Cl)c1. The number of halogens is 2. The van der Waals surface area contributed by atoms with Crippen LogP contribution in [0.4, 0.5) is 5.69 Å². The van der Waals surface area contributed by atoms with Crippen LogP contribution in [0.1, 0.15) is 13.8 Å². The smallest absolute Gasteiger partial charge is 0.327 e. The van der Waals surface area contributed by atoms with Crippen molar-refractivity contribution >= 4 is 44.9 Å². The third-order valence-corrected chi connectivity index (χ3v) is 6.07. The molecule has 0 fully saturated rings. The van der Waals surface area contributed by atoms with Crippen molar-refractivity contribution in [3.63, 3.8) is 0 Å². The largest absolute Gasteiger partial charge is 0.489 e. The normalized spacial score (nSPS) is 11.2. The van der Waals surface area contributed by atoms with Crippen molar-refractivity contribution in [3.8, 4) is 5.75 Å². The van der Waals surface area contributed by atoms with Crippen molar-refractivity contribution in [2.24, 2.45) is 0 Å². The summed E-state index contributed by atoms with van der Waals surface area (Å²) in [5.74, 6) is -0.295. The molecule has 9 heteroatoms. The van der Waals surface area contributed by atoms with Gasteiger partial charge in [0.05, 0.1) is 16.8 Å². The van der Waals surface area contributed by atoms with E-state index >= 15 is 0 Å². The quantitative estimate of drug-likeness (QED) is 0.402. The Morgan fingerprint density at radius 1 is 1.21 bits per heavy atom. The Morgan fingerprint density at radius 2 is 1.93 bits per heavy atom. The first-order valence-corrected chi connectivity index (χ1v) is 10.9. The molecule has 2 rings (SSSR count). The molecule has 2 aromatic carbocycles. The van der Waals surface area contributed by atoms with Crippen molar-refractivity contribution in [2.75, 3.05) is 17.5 Å². The standard InChI is InChI=1S/C20H21Cl2NO5S/c1-4-10-27-17-7-5-6-16(12-17)23(13-20(24)28-14(2)3)29(25,26)19-11-15(21)8-9-18(19)22/h4-9,11-12,14H,1,10,13H2,2-3H3. The maximum Gasteiger partial charge on any atom is 0.327 e. The van der Waals surface area contributed by atoms with E-state index in [1.165, 1.54) is 24.3 Å². The average Bonchev–Trinajstić information content (AvgIpc) is 2.65. The second-order valence-corrected chi connectivity index (χ2v) is 8.90. The molecular weight excluding hydrogens is 437 g/mol. The summed E-state index contributed by atoms with van der Waals surface area (Å²) in [4.78, 5) is 12.1. The van der Waals surface area contributed by atoms with Crippen LogP contribution in [0.25, 0.3) is 0 Å². The van der Waals surface area contributed by atoms with Crippen molar-refractivity contribution in [1.29, 1.82) is 0 Å². The summed E-state index contributed by atoms with van der Waals surface area (Å²) in [7, 11) is -4.24. The fraction of sp³-hybridized carbons (Fsp3) is 0.250. The first kappa shape index (κ1) is 23.1. The molecule has 0 saturated carbocycles. The summed E-state index contributed by atoms with van der Waals surface area (Å²) < 4.78 is 38.3. The number of carbonyl (C=O) groups excluding carboxylic acids is 1. The number of carbonyl (C=O) groups is 1. The van der Waals surface area contributed by atoms with Gasteiger partial charge in [-0.2, -0.15) is 0 Å². The van der Waals surface area contributed by atoms with Crippen LogP contribution in [-0.4, -0.2) is 33.6 Å². The topological polar surface area (TPSA) is 72.9 Å². The van der Waals surface area contributed by atoms with E-state index in [9.17, 15) is 13.2 Å². The maximum absolute atomic E-state index is 13.4. The Balaban J connectivity index is 2.54. The lowest BCUT2D eigenvalue weighted by Gasteiger charge is -2.25. The number of esters is 1. The number of anilines is 1. The number of hydrogen-bond acceptors (Lipinski definition) is 5. The number of nitrogens with zero attached hydrogens (tertiary/aromatic N) is 1. The molecule has 0 aliphatic carbocycles. The Bertz CT molecular complexity index is 992. The molecule has 0 bridgehead atoms. The highest BCUT2D eigenvalue weighted by Crippen LogP contribution is 2.32. The Morgan fingerprint density at radius 3 is 2.59 bits per heavy atom. The molecule has 0 N–H and O–H groups in total. The predicted octanol–water partition coefficient (Wildman–Crippen LogP) is 4.71. The van der Waals surface area contributed by atoms with Gasteiger partial charge in [-0.1, -0.05) is 41.9 Å². The second kappa shape index (κ2) is 10.0. The molecule has 0 spiro atoms. The number of sulfonamides is 1. The highest BCUT2D eigenvalue weighted by molar-refractivity contribution is 7.93. The fourth-order valence-corrected chi connectivity index (χ4v) is 4.55. The van der Waals surface area contributed by atoms with Gasteiger partial charge in [0.2, 0.25) is 0 Å².